The molecule has 0 radical (unpaired) electrons. The fourth-order valence-corrected chi connectivity index (χ4v) is 3.28. The molecule has 0 heterocycles. The topological polar surface area (TPSA) is 58.6 Å². The normalized spacial score (nSPS) is 11.7. The molecule has 0 unspecified atom stereocenters. The highest BCUT2D eigenvalue weighted by molar-refractivity contribution is 5.88. The van der Waals surface area contributed by atoms with E-state index in [4.69, 9.17) is 4.74 Å². The van der Waals surface area contributed by atoms with Crippen LogP contribution in [0.2, 0.25) is 0 Å². The number of carbonyl (C=O) groups is 2. The number of benzene rings is 2. The van der Waals surface area contributed by atoms with E-state index >= 15 is 0 Å². The van der Waals surface area contributed by atoms with E-state index in [0.717, 1.165) is 35.1 Å². The summed E-state index contributed by atoms with van der Waals surface area (Å²) < 4.78 is 19.1. The van der Waals surface area contributed by atoms with E-state index in [0.29, 0.717) is 12.3 Å². The second-order valence-corrected chi connectivity index (χ2v) is 7.96. The summed E-state index contributed by atoms with van der Waals surface area (Å²) in [6.45, 7) is 10.3. The van der Waals surface area contributed by atoms with Gasteiger partial charge in [0.05, 0.1) is 0 Å². The van der Waals surface area contributed by atoms with Gasteiger partial charge in [-0.15, -0.1) is 0 Å². The second kappa shape index (κ2) is 11.5. The fourth-order valence-electron chi connectivity index (χ4n) is 3.28. The molecule has 2 rings (SSSR count). The van der Waals surface area contributed by atoms with E-state index in [1.165, 1.54) is 17.0 Å². The van der Waals surface area contributed by atoms with Crippen molar-refractivity contribution in [1.82, 2.24) is 10.2 Å². The van der Waals surface area contributed by atoms with Crippen LogP contribution in [0.15, 0.2) is 36.4 Å². The molecule has 6 heteroatoms. The first-order valence-corrected chi connectivity index (χ1v) is 10.7. The van der Waals surface area contributed by atoms with Crippen molar-refractivity contribution in [1.29, 1.82) is 0 Å². The number of aryl methyl sites for hydroxylation is 2. The highest BCUT2D eigenvalue weighted by Crippen LogP contribution is 2.23. The van der Waals surface area contributed by atoms with E-state index in [9.17, 15) is 14.0 Å². The number of nitrogens with zero attached hydrogens (tertiary/aromatic N) is 1. The third kappa shape index (κ3) is 7.09. The van der Waals surface area contributed by atoms with E-state index in [1.54, 1.807) is 19.1 Å². The van der Waals surface area contributed by atoms with Crippen molar-refractivity contribution in [3.05, 3.63) is 64.5 Å². The van der Waals surface area contributed by atoms with Gasteiger partial charge in [0.2, 0.25) is 5.91 Å². The van der Waals surface area contributed by atoms with Gasteiger partial charge in [0, 0.05) is 13.1 Å². The average Bonchev–Trinajstić information content (AvgIpc) is 2.74. The smallest absolute Gasteiger partial charge is 0.261 e. The number of carbonyl (C=O) groups excluding carboxylic acids is 2. The molecule has 0 saturated heterocycles. The van der Waals surface area contributed by atoms with Crippen LogP contribution in [0.5, 0.6) is 5.75 Å². The molecule has 168 valence electrons. The van der Waals surface area contributed by atoms with Crippen molar-refractivity contribution in [2.45, 2.75) is 60.0 Å². The Hall–Kier alpha value is -2.89. The van der Waals surface area contributed by atoms with Gasteiger partial charge < -0.3 is 15.0 Å². The zero-order chi connectivity index (χ0) is 23.0. The number of amides is 2. The van der Waals surface area contributed by atoms with E-state index in [-0.39, 0.29) is 30.8 Å². The minimum absolute atomic E-state index is 0.183. The van der Waals surface area contributed by atoms with Gasteiger partial charge in [-0.3, -0.25) is 9.59 Å². The summed E-state index contributed by atoms with van der Waals surface area (Å²) in [6.07, 6.45) is 1.84. The molecule has 0 bridgehead atoms. The maximum Gasteiger partial charge on any atom is 0.261 e. The Morgan fingerprint density at radius 2 is 1.81 bits per heavy atom. The highest BCUT2D eigenvalue weighted by atomic mass is 19.1. The first kappa shape index (κ1) is 24.4. The van der Waals surface area contributed by atoms with E-state index < -0.39 is 6.04 Å². The van der Waals surface area contributed by atoms with Gasteiger partial charge in [0.25, 0.3) is 5.91 Å². The summed E-state index contributed by atoms with van der Waals surface area (Å²) in [5.41, 5.74) is 3.87. The Morgan fingerprint density at radius 1 is 1.13 bits per heavy atom. The number of halogens is 1. The summed E-state index contributed by atoms with van der Waals surface area (Å²) >= 11 is 0. The molecule has 0 saturated carbocycles. The summed E-state index contributed by atoms with van der Waals surface area (Å²) in [5.74, 6) is -0.208. The maximum atomic E-state index is 13.3. The number of hydrogen-bond donors (Lipinski definition) is 1. The van der Waals surface area contributed by atoms with Gasteiger partial charge in [0.15, 0.2) is 6.61 Å². The monoisotopic (exact) mass is 428 g/mol. The highest BCUT2D eigenvalue weighted by Gasteiger charge is 2.26. The predicted molar refractivity (Wildman–Crippen MR) is 120 cm³/mol. The first-order chi connectivity index (χ1) is 14.7. The van der Waals surface area contributed by atoms with Crippen molar-refractivity contribution < 1.29 is 18.7 Å². The minimum atomic E-state index is -0.682. The number of nitrogens with one attached hydrogen (secondary N) is 1. The molecule has 0 aromatic heterocycles. The molecule has 2 amide bonds. The molecule has 0 spiro atoms. The zero-order valence-corrected chi connectivity index (χ0v) is 19.1. The van der Waals surface area contributed by atoms with Gasteiger partial charge in [-0.2, -0.15) is 0 Å². The molecule has 0 fully saturated rings. The van der Waals surface area contributed by atoms with Crippen LogP contribution >= 0.6 is 0 Å². The minimum Gasteiger partial charge on any atom is -0.483 e. The summed E-state index contributed by atoms with van der Waals surface area (Å²) in [7, 11) is 0. The molecule has 2 aromatic carbocycles. The van der Waals surface area contributed by atoms with Gasteiger partial charge in [-0.05, 0) is 74.6 Å². The fraction of sp³-hybridized carbons (Fsp3) is 0.440. The number of ether oxygens (including phenoxy) is 1. The molecule has 0 aliphatic carbocycles. The zero-order valence-electron chi connectivity index (χ0n) is 19.1. The van der Waals surface area contributed by atoms with Crippen molar-refractivity contribution in [3.63, 3.8) is 0 Å². The molecule has 1 atom stereocenters. The molecule has 31 heavy (non-hydrogen) atoms. The average molecular weight is 429 g/mol. The Bertz CT molecular complexity index is 896. The largest absolute Gasteiger partial charge is 0.483 e. The molecule has 0 aliphatic heterocycles. The molecular weight excluding hydrogens is 395 g/mol. The van der Waals surface area contributed by atoms with Crippen LogP contribution in [0.1, 0.15) is 48.9 Å². The molecule has 1 N–H and O–H groups in total. The van der Waals surface area contributed by atoms with Crippen LogP contribution in [0.25, 0.3) is 0 Å². The SMILES string of the molecule is CCCCNC(=O)[C@@H](C)N(Cc1ccc(F)cc1)C(=O)COc1cc(C)cc(C)c1C. The number of unbranched alkanes of at least 4 members (excludes halogenated alkanes) is 1. The standard InChI is InChI=1S/C25H33FN2O3/c1-6-7-12-27-25(30)20(5)28(15-21-8-10-22(26)11-9-21)24(29)16-31-23-14-17(2)13-18(3)19(23)4/h8-11,13-14,20H,6-7,12,15-16H2,1-5H3,(H,27,30)/t20-/m1/s1. The van der Waals surface area contributed by atoms with Crippen LogP contribution in [0.4, 0.5) is 4.39 Å². The van der Waals surface area contributed by atoms with Gasteiger partial charge in [-0.1, -0.05) is 31.5 Å². The van der Waals surface area contributed by atoms with Crippen molar-refractivity contribution in [3.8, 4) is 5.75 Å². The Kier molecular flexibility index (Phi) is 9.03. The first-order valence-electron chi connectivity index (χ1n) is 10.7. The summed E-state index contributed by atoms with van der Waals surface area (Å²) in [6, 6.07) is 9.21. The summed E-state index contributed by atoms with van der Waals surface area (Å²) in [4.78, 5) is 27.2. The van der Waals surface area contributed by atoms with Crippen molar-refractivity contribution in [2.75, 3.05) is 13.2 Å². The van der Waals surface area contributed by atoms with Crippen LogP contribution in [0, 0.1) is 26.6 Å². The van der Waals surface area contributed by atoms with Gasteiger partial charge in [-0.25, -0.2) is 4.39 Å². The molecule has 5 nitrogen and oxygen atoms in total. The Morgan fingerprint density at radius 3 is 2.45 bits per heavy atom. The lowest BCUT2D eigenvalue weighted by Crippen LogP contribution is -2.49. The number of rotatable bonds is 10. The van der Waals surface area contributed by atoms with E-state index in [1.807, 2.05) is 33.8 Å². The van der Waals surface area contributed by atoms with Crippen LogP contribution in [0.3, 0.4) is 0 Å². The maximum absolute atomic E-state index is 13.3. The Balaban J connectivity index is 2.16. The van der Waals surface area contributed by atoms with E-state index in [2.05, 4.69) is 11.4 Å². The third-order valence-corrected chi connectivity index (χ3v) is 5.38. The van der Waals surface area contributed by atoms with Crippen LogP contribution in [-0.4, -0.2) is 35.9 Å². The lowest BCUT2D eigenvalue weighted by molar-refractivity contribution is -0.142. The van der Waals surface area contributed by atoms with Crippen LogP contribution < -0.4 is 10.1 Å². The Labute approximate surface area is 184 Å². The lowest BCUT2D eigenvalue weighted by atomic mass is 10.1. The summed E-state index contributed by atoms with van der Waals surface area (Å²) in [5, 5.41) is 2.88. The molecular formula is C25H33FN2O3. The van der Waals surface area contributed by atoms with Gasteiger partial charge in [0.1, 0.15) is 17.6 Å². The number of hydrogen-bond acceptors (Lipinski definition) is 3. The van der Waals surface area contributed by atoms with Crippen molar-refractivity contribution in [2.24, 2.45) is 0 Å². The molecule has 2 aromatic rings. The lowest BCUT2D eigenvalue weighted by Gasteiger charge is -2.29. The quantitative estimate of drug-likeness (QED) is 0.568. The van der Waals surface area contributed by atoms with Gasteiger partial charge >= 0.3 is 0 Å². The van der Waals surface area contributed by atoms with Crippen molar-refractivity contribution >= 4 is 11.8 Å². The predicted octanol–water partition coefficient (Wildman–Crippen LogP) is 4.46. The second-order valence-electron chi connectivity index (χ2n) is 7.96. The van der Waals surface area contributed by atoms with Crippen LogP contribution in [-0.2, 0) is 16.1 Å². The third-order valence-electron chi connectivity index (χ3n) is 5.38. The molecule has 0 aliphatic rings.